The van der Waals surface area contributed by atoms with Crippen molar-refractivity contribution in [3.8, 4) is 5.75 Å². The number of Topliss-reactive ketones (excluding diaryl/α,β-unsaturated/α-hetero) is 1. The van der Waals surface area contributed by atoms with E-state index in [0.717, 1.165) is 6.42 Å². The smallest absolute Gasteiger partial charge is 0.295 e. The van der Waals surface area contributed by atoms with Crippen LogP contribution in [0.4, 0.5) is 4.39 Å². The Morgan fingerprint density at radius 3 is 2.48 bits per heavy atom. The highest BCUT2D eigenvalue weighted by molar-refractivity contribution is 6.46. The first-order valence-electron chi connectivity index (χ1n) is 8.77. The highest BCUT2D eigenvalue weighted by Crippen LogP contribution is 2.40. The lowest BCUT2D eigenvalue weighted by atomic mass is 9.95. The summed E-state index contributed by atoms with van der Waals surface area (Å²) in [6, 6.07) is 10.5. The van der Waals surface area contributed by atoms with Crippen LogP contribution in [-0.4, -0.2) is 33.3 Å². The van der Waals surface area contributed by atoms with Gasteiger partial charge in [-0.05, 0) is 48.4 Å². The van der Waals surface area contributed by atoms with E-state index >= 15 is 0 Å². The SMILES string of the molecule is CCCCN1C(=O)C(=O)/C(=C(\O)c2ccc(F)cc2)C1c1cccc(O)c1. The molecular formula is C21H20FNO4. The molecule has 0 spiro atoms. The minimum atomic E-state index is -0.811. The molecule has 5 nitrogen and oxygen atoms in total. The van der Waals surface area contributed by atoms with Crippen LogP contribution in [0.15, 0.2) is 54.1 Å². The average Bonchev–Trinajstić information content (AvgIpc) is 2.91. The van der Waals surface area contributed by atoms with Gasteiger partial charge in [-0.15, -0.1) is 0 Å². The number of ketones is 1. The van der Waals surface area contributed by atoms with E-state index < -0.39 is 23.5 Å². The molecule has 1 aliphatic heterocycles. The number of halogens is 1. The number of carbonyl (C=O) groups is 2. The van der Waals surface area contributed by atoms with Crippen LogP contribution in [0, 0.1) is 5.82 Å². The van der Waals surface area contributed by atoms with Gasteiger partial charge in [-0.1, -0.05) is 25.5 Å². The maximum atomic E-state index is 13.2. The molecule has 1 unspecified atom stereocenters. The molecule has 2 aromatic carbocycles. The summed E-state index contributed by atoms with van der Waals surface area (Å²) in [5, 5.41) is 20.6. The second-order valence-electron chi connectivity index (χ2n) is 6.45. The zero-order valence-electron chi connectivity index (χ0n) is 14.9. The molecule has 0 aliphatic carbocycles. The fraction of sp³-hybridized carbons (Fsp3) is 0.238. The number of benzene rings is 2. The molecule has 3 rings (SSSR count). The number of aliphatic hydroxyl groups is 1. The van der Waals surface area contributed by atoms with Crippen LogP contribution in [0.25, 0.3) is 5.76 Å². The van der Waals surface area contributed by atoms with E-state index in [1.807, 2.05) is 6.92 Å². The molecular weight excluding hydrogens is 349 g/mol. The van der Waals surface area contributed by atoms with Gasteiger partial charge in [-0.2, -0.15) is 0 Å². The van der Waals surface area contributed by atoms with E-state index in [4.69, 9.17) is 0 Å². The van der Waals surface area contributed by atoms with Crippen molar-refractivity contribution < 1.29 is 24.2 Å². The predicted molar refractivity (Wildman–Crippen MR) is 98.4 cm³/mol. The quantitative estimate of drug-likeness (QED) is 0.478. The first kappa shape index (κ1) is 18.6. The Bertz CT molecular complexity index is 905. The lowest BCUT2D eigenvalue weighted by Gasteiger charge is -2.25. The third-order valence-electron chi connectivity index (χ3n) is 4.60. The Hall–Kier alpha value is -3.15. The molecule has 1 saturated heterocycles. The van der Waals surface area contributed by atoms with Gasteiger partial charge in [0.25, 0.3) is 11.7 Å². The Kier molecular flexibility index (Phi) is 5.26. The van der Waals surface area contributed by atoms with Gasteiger partial charge in [-0.3, -0.25) is 9.59 Å². The molecule has 2 N–H and O–H groups in total. The summed E-state index contributed by atoms with van der Waals surface area (Å²) in [7, 11) is 0. The van der Waals surface area contributed by atoms with Gasteiger partial charge in [0.2, 0.25) is 0 Å². The van der Waals surface area contributed by atoms with E-state index in [1.165, 1.54) is 41.3 Å². The second-order valence-corrected chi connectivity index (χ2v) is 6.45. The Labute approximate surface area is 156 Å². The molecule has 0 aromatic heterocycles. The molecule has 6 heteroatoms. The third-order valence-corrected chi connectivity index (χ3v) is 4.60. The Morgan fingerprint density at radius 1 is 1.15 bits per heavy atom. The van der Waals surface area contributed by atoms with Gasteiger partial charge < -0.3 is 15.1 Å². The van der Waals surface area contributed by atoms with Crippen molar-refractivity contribution in [2.24, 2.45) is 0 Å². The minimum absolute atomic E-state index is 0.00429. The topological polar surface area (TPSA) is 77.8 Å². The Morgan fingerprint density at radius 2 is 1.85 bits per heavy atom. The summed E-state index contributed by atoms with van der Waals surface area (Å²) < 4.78 is 13.2. The monoisotopic (exact) mass is 369 g/mol. The number of aromatic hydroxyl groups is 1. The van der Waals surface area contributed by atoms with Gasteiger partial charge in [-0.25, -0.2) is 4.39 Å². The van der Waals surface area contributed by atoms with Crippen LogP contribution in [-0.2, 0) is 9.59 Å². The fourth-order valence-corrected chi connectivity index (χ4v) is 3.24. The molecule has 0 saturated carbocycles. The number of aliphatic hydroxyl groups excluding tert-OH is 1. The summed E-state index contributed by atoms with van der Waals surface area (Å²) >= 11 is 0. The van der Waals surface area contributed by atoms with Crippen molar-refractivity contribution in [3.05, 3.63) is 71.0 Å². The summed E-state index contributed by atoms with van der Waals surface area (Å²) in [5.41, 5.74) is 0.706. The standard InChI is InChI=1S/C21H20FNO4/c1-2-3-11-23-18(14-5-4-6-16(24)12-14)17(20(26)21(23)27)19(25)13-7-9-15(22)10-8-13/h4-10,12,18,24-25H,2-3,11H2,1H3/b19-17-. The molecule has 1 aliphatic rings. The van der Waals surface area contributed by atoms with Gasteiger partial charge in [0.05, 0.1) is 11.6 Å². The number of phenolic OH excluding ortho intramolecular Hbond substituents is 1. The third kappa shape index (κ3) is 3.56. The molecule has 1 heterocycles. The van der Waals surface area contributed by atoms with E-state index in [1.54, 1.807) is 12.1 Å². The van der Waals surface area contributed by atoms with E-state index in [-0.39, 0.29) is 22.6 Å². The van der Waals surface area contributed by atoms with Crippen LogP contribution in [0.3, 0.4) is 0 Å². The van der Waals surface area contributed by atoms with Crippen LogP contribution in [0.2, 0.25) is 0 Å². The van der Waals surface area contributed by atoms with Crippen molar-refractivity contribution in [2.45, 2.75) is 25.8 Å². The number of phenols is 1. The Balaban J connectivity index is 2.16. The van der Waals surface area contributed by atoms with Crippen molar-refractivity contribution in [2.75, 3.05) is 6.54 Å². The van der Waals surface area contributed by atoms with Gasteiger partial charge >= 0.3 is 0 Å². The lowest BCUT2D eigenvalue weighted by Crippen LogP contribution is -2.30. The summed E-state index contributed by atoms with van der Waals surface area (Å²) in [6.07, 6.45) is 1.52. The molecule has 1 amide bonds. The van der Waals surface area contributed by atoms with Gasteiger partial charge in [0.15, 0.2) is 0 Å². The zero-order chi connectivity index (χ0) is 19.6. The first-order valence-corrected chi connectivity index (χ1v) is 8.77. The second kappa shape index (κ2) is 7.61. The number of hydrogen-bond acceptors (Lipinski definition) is 4. The lowest BCUT2D eigenvalue weighted by molar-refractivity contribution is -0.139. The largest absolute Gasteiger partial charge is 0.508 e. The fourth-order valence-electron chi connectivity index (χ4n) is 3.24. The number of hydrogen-bond donors (Lipinski definition) is 2. The number of nitrogens with zero attached hydrogens (tertiary/aromatic N) is 1. The van der Waals surface area contributed by atoms with Crippen LogP contribution in [0.1, 0.15) is 36.9 Å². The van der Waals surface area contributed by atoms with Crippen LogP contribution >= 0.6 is 0 Å². The normalized spacial score (nSPS) is 18.9. The van der Waals surface area contributed by atoms with Crippen molar-refractivity contribution in [1.29, 1.82) is 0 Å². The van der Waals surface area contributed by atoms with Gasteiger partial charge in [0, 0.05) is 12.1 Å². The maximum Gasteiger partial charge on any atom is 0.295 e. The van der Waals surface area contributed by atoms with E-state index in [9.17, 15) is 24.2 Å². The molecule has 2 aromatic rings. The van der Waals surface area contributed by atoms with Crippen molar-refractivity contribution in [3.63, 3.8) is 0 Å². The molecule has 0 bridgehead atoms. The van der Waals surface area contributed by atoms with Crippen molar-refractivity contribution in [1.82, 2.24) is 4.90 Å². The zero-order valence-corrected chi connectivity index (χ0v) is 14.9. The maximum absolute atomic E-state index is 13.2. The van der Waals surface area contributed by atoms with E-state index in [0.29, 0.717) is 18.5 Å². The van der Waals surface area contributed by atoms with Crippen molar-refractivity contribution >= 4 is 17.4 Å². The first-order chi connectivity index (χ1) is 12.9. The number of unbranched alkanes of at least 4 members (excludes halogenated alkanes) is 1. The van der Waals surface area contributed by atoms with Crippen LogP contribution in [0.5, 0.6) is 5.75 Å². The highest BCUT2D eigenvalue weighted by Gasteiger charge is 2.45. The van der Waals surface area contributed by atoms with Crippen LogP contribution < -0.4 is 0 Å². The van der Waals surface area contributed by atoms with Gasteiger partial charge in [0.1, 0.15) is 17.3 Å². The molecule has 1 fully saturated rings. The minimum Gasteiger partial charge on any atom is -0.508 e. The molecule has 1 atom stereocenters. The summed E-state index contributed by atoms with van der Waals surface area (Å²) in [4.78, 5) is 26.7. The number of likely N-dealkylation sites (tertiary alicyclic amines) is 1. The number of amides is 1. The average molecular weight is 369 g/mol. The number of carbonyl (C=O) groups excluding carboxylic acids is 2. The molecule has 27 heavy (non-hydrogen) atoms. The molecule has 0 radical (unpaired) electrons. The summed E-state index contributed by atoms with van der Waals surface area (Å²) in [5.74, 6) is -2.32. The highest BCUT2D eigenvalue weighted by atomic mass is 19.1. The molecule has 140 valence electrons. The van der Waals surface area contributed by atoms with E-state index in [2.05, 4.69) is 0 Å². The summed E-state index contributed by atoms with van der Waals surface area (Å²) in [6.45, 7) is 2.32. The predicted octanol–water partition coefficient (Wildman–Crippen LogP) is 3.75. The number of rotatable bonds is 5.